The summed E-state index contributed by atoms with van der Waals surface area (Å²) in [7, 11) is -1.58. The Kier molecular flexibility index (Phi) is 7.27. The van der Waals surface area contributed by atoms with Crippen LogP contribution in [0, 0.1) is 0 Å². The van der Waals surface area contributed by atoms with Crippen LogP contribution < -0.4 is 0 Å². The van der Waals surface area contributed by atoms with E-state index in [9.17, 15) is 0 Å². The summed E-state index contributed by atoms with van der Waals surface area (Å²) < 4.78 is 17.2. The molecule has 1 aliphatic rings. The second kappa shape index (κ2) is 8.20. The molecular formula is C16H32O3Si. The van der Waals surface area contributed by atoms with Gasteiger partial charge in [0.05, 0.1) is 12.9 Å². The van der Waals surface area contributed by atoms with E-state index in [1.165, 1.54) is 6.42 Å². The molecule has 1 atom stereocenters. The molecule has 1 aliphatic heterocycles. The maximum Gasteiger partial charge on any atom is 0.198 e. The van der Waals surface area contributed by atoms with Crippen molar-refractivity contribution in [1.29, 1.82) is 0 Å². The molecule has 0 aromatic rings. The third kappa shape index (κ3) is 6.42. The molecule has 1 heterocycles. The Hall–Kier alpha value is -0.323. The van der Waals surface area contributed by atoms with E-state index in [1.807, 2.05) is 0 Å². The highest BCUT2D eigenvalue weighted by atomic mass is 28.4. The van der Waals surface area contributed by atoms with Gasteiger partial charge in [0.2, 0.25) is 0 Å². The maximum atomic E-state index is 6.13. The van der Waals surface area contributed by atoms with Gasteiger partial charge in [-0.1, -0.05) is 20.8 Å². The van der Waals surface area contributed by atoms with Crippen LogP contribution in [0.15, 0.2) is 12.3 Å². The van der Waals surface area contributed by atoms with Crippen molar-refractivity contribution in [2.45, 2.75) is 77.3 Å². The van der Waals surface area contributed by atoms with E-state index in [0.717, 1.165) is 38.9 Å². The molecule has 0 N–H and O–H groups in total. The highest BCUT2D eigenvalue weighted by Crippen LogP contribution is 2.36. The molecule has 4 heteroatoms. The second-order valence-corrected chi connectivity index (χ2v) is 11.9. The summed E-state index contributed by atoms with van der Waals surface area (Å²) in [5.41, 5.74) is 0. The summed E-state index contributed by atoms with van der Waals surface area (Å²) >= 11 is 0. The summed E-state index contributed by atoms with van der Waals surface area (Å²) in [5, 5.41) is 0.296. The molecule has 0 aromatic carbocycles. The molecule has 0 amide bonds. The van der Waals surface area contributed by atoms with Crippen molar-refractivity contribution in [3.63, 3.8) is 0 Å². The van der Waals surface area contributed by atoms with Gasteiger partial charge in [-0.05, 0) is 49.9 Å². The van der Waals surface area contributed by atoms with Crippen LogP contribution in [0.2, 0.25) is 18.1 Å². The Morgan fingerprint density at radius 1 is 1.25 bits per heavy atom. The molecule has 0 radical (unpaired) electrons. The fourth-order valence-corrected chi connectivity index (χ4v) is 2.86. The van der Waals surface area contributed by atoms with Crippen molar-refractivity contribution in [3.8, 4) is 0 Å². The summed E-state index contributed by atoms with van der Waals surface area (Å²) in [6.45, 7) is 13.1. The molecule has 0 saturated carbocycles. The summed E-state index contributed by atoms with van der Waals surface area (Å²) in [4.78, 5) is 0. The van der Waals surface area contributed by atoms with Gasteiger partial charge in [0.1, 0.15) is 0 Å². The molecule has 1 fully saturated rings. The van der Waals surface area contributed by atoms with Gasteiger partial charge in [0, 0.05) is 13.0 Å². The molecule has 3 nitrogen and oxygen atoms in total. The van der Waals surface area contributed by atoms with Crippen LogP contribution in [0.3, 0.4) is 0 Å². The Balaban J connectivity index is 2.07. The minimum atomic E-state index is -1.58. The van der Waals surface area contributed by atoms with E-state index in [2.05, 4.69) is 39.9 Å². The van der Waals surface area contributed by atoms with Crippen molar-refractivity contribution >= 4 is 8.32 Å². The SMILES string of the molecule is CC(C)(C)[Si](C)(C)OCCCC=COC1CCCCO1. The predicted octanol–water partition coefficient (Wildman–Crippen LogP) is 4.85. The third-order valence-electron chi connectivity index (χ3n) is 4.25. The largest absolute Gasteiger partial charge is 0.473 e. The second-order valence-electron chi connectivity index (χ2n) is 7.05. The topological polar surface area (TPSA) is 27.7 Å². The number of hydrogen-bond donors (Lipinski definition) is 0. The van der Waals surface area contributed by atoms with Gasteiger partial charge in [-0.3, -0.25) is 0 Å². The lowest BCUT2D eigenvalue weighted by atomic mass is 10.2. The standard InChI is InChI=1S/C16H32O3Si/c1-16(2,3)20(4,5)19-14-9-6-8-12-17-15-11-7-10-13-18-15/h8,12,15H,6-7,9-11,13-14H2,1-5H3. The number of rotatable bonds is 7. The van der Waals surface area contributed by atoms with Crippen LogP contribution in [-0.2, 0) is 13.9 Å². The zero-order valence-corrected chi connectivity index (χ0v) is 14.9. The molecule has 1 unspecified atom stereocenters. The van der Waals surface area contributed by atoms with Crippen LogP contribution in [0.4, 0.5) is 0 Å². The van der Waals surface area contributed by atoms with Gasteiger partial charge in [0.15, 0.2) is 14.6 Å². The molecule has 0 aromatic heterocycles. The molecule has 118 valence electrons. The summed E-state index contributed by atoms with van der Waals surface area (Å²) in [6.07, 6.45) is 9.28. The van der Waals surface area contributed by atoms with Gasteiger partial charge in [-0.2, -0.15) is 0 Å². The summed E-state index contributed by atoms with van der Waals surface area (Å²) in [5.74, 6) is 0. The van der Waals surface area contributed by atoms with Crippen molar-refractivity contribution in [2.75, 3.05) is 13.2 Å². The molecule has 1 saturated heterocycles. The fraction of sp³-hybridized carbons (Fsp3) is 0.875. The zero-order valence-electron chi connectivity index (χ0n) is 13.9. The number of ether oxygens (including phenoxy) is 2. The molecule has 0 bridgehead atoms. The molecule has 0 spiro atoms. The lowest BCUT2D eigenvalue weighted by molar-refractivity contribution is -0.129. The Morgan fingerprint density at radius 3 is 2.60 bits per heavy atom. The molecular weight excluding hydrogens is 268 g/mol. The molecule has 0 aliphatic carbocycles. The van der Waals surface area contributed by atoms with E-state index in [0.29, 0.717) is 5.04 Å². The molecule has 20 heavy (non-hydrogen) atoms. The Bertz CT molecular complexity index is 289. The van der Waals surface area contributed by atoms with Gasteiger partial charge >= 0.3 is 0 Å². The lowest BCUT2D eigenvalue weighted by Gasteiger charge is -2.36. The van der Waals surface area contributed by atoms with E-state index in [1.54, 1.807) is 6.26 Å². The van der Waals surface area contributed by atoms with E-state index in [-0.39, 0.29) is 6.29 Å². The summed E-state index contributed by atoms with van der Waals surface area (Å²) in [6, 6.07) is 0. The minimum absolute atomic E-state index is 0.0246. The van der Waals surface area contributed by atoms with Gasteiger partial charge in [0.25, 0.3) is 0 Å². The van der Waals surface area contributed by atoms with Crippen molar-refractivity contribution < 1.29 is 13.9 Å². The average molecular weight is 301 g/mol. The Labute approximate surface area is 125 Å². The van der Waals surface area contributed by atoms with E-state index < -0.39 is 8.32 Å². The van der Waals surface area contributed by atoms with Crippen LogP contribution in [0.1, 0.15) is 52.9 Å². The highest BCUT2D eigenvalue weighted by molar-refractivity contribution is 6.74. The average Bonchev–Trinajstić information content (AvgIpc) is 2.37. The van der Waals surface area contributed by atoms with Crippen LogP contribution in [0.5, 0.6) is 0 Å². The van der Waals surface area contributed by atoms with Crippen LogP contribution in [0.25, 0.3) is 0 Å². The van der Waals surface area contributed by atoms with E-state index in [4.69, 9.17) is 13.9 Å². The van der Waals surface area contributed by atoms with Crippen LogP contribution in [-0.4, -0.2) is 27.8 Å². The maximum absolute atomic E-state index is 6.13. The van der Waals surface area contributed by atoms with Gasteiger partial charge in [-0.25, -0.2) is 0 Å². The highest BCUT2D eigenvalue weighted by Gasteiger charge is 2.36. The van der Waals surface area contributed by atoms with Crippen molar-refractivity contribution in [1.82, 2.24) is 0 Å². The normalized spacial score (nSPS) is 21.4. The first-order chi connectivity index (χ1) is 9.33. The predicted molar refractivity (Wildman–Crippen MR) is 86.2 cm³/mol. The smallest absolute Gasteiger partial charge is 0.198 e. The fourth-order valence-electron chi connectivity index (χ4n) is 1.77. The lowest BCUT2D eigenvalue weighted by Crippen LogP contribution is -2.40. The number of allylic oxidation sites excluding steroid dienone is 1. The number of hydrogen-bond acceptors (Lipinski definition) is 3. The first-order valence-electron chi connectivity index (χ1n) is 7.89. The van der Waals surface area contributed by atoms with E-state index >= 15 is 0 Å². The van der Waals surface area contributed by atoms with Crippen LogP contribution >= 0.6 is 0 Å². The minimum Gasteiger partial charge on any atom is -0.473 e. The Morgan fingerprint density at radius 2 is 2.00 bits per heavy atom. The van der Waals surface area contributed by atoms with Gasteiger partial charge in [-0.15, -0.1) is 0 Å². The first kappa shape index (κ1) is 17.7. The first-order valence-corrected chi connectivity index (χ1v) is 10.8. The zero-order chi connectivity index (χ0) is 15.1. The van der Waals surface area contributed by atoms with Gasteiger partial charge < -0.3 is 13.9 Å². The van der Waals surface area contributed by atoms with Crippen molar-refractivity contribution in [2.24, 2.45) is 0 Å². The third-order valence-corrected chi connectivity index (χ3v) is 8.79. The quantitative estimate of drug-likeness (QED) is 0.382. The van der Waals surface area contributed by atoms with Crippen molar-refractivity contribution in [3.05, 3.63) is 12.3 Å². The number of unbranched alkanes of at least 4 members (excludes halogenated alkanes) is 1. The monoisotopic (exact) mass is 300 g/mol. The molecule has 1 rings (SSSR count).